The maximum atomic E-state index is 11.3. The Bertz CT molecular complexity index is 997. The minimum absolute atomic E-state index is 0.182. The molecule has 2 aromatic carbocycles. The molecule has 40 heavy (non-hydrogen) atoms. The van der Waals surface area contributed by atoms with Gasteiger partial charge in [-0.25, -0.2) is 9.59 Å². The van der Waals surface area contributed by atoms with Gasteiger partial charge in [-0.1, -0.05) is 37.4 Å². The molecule has 2 rings (SSSR count). The normalized spacial score (nSPS) is 10.8. The minimum atomic E-state index is -0.422. The van der Waals surface area contributed by atoms with Crippen LogP contribution in [0.4, 0.5) is 0 Å². The van der Waals surface area contributed by atoms with Crippen molar-refractivity contribution < 1.29 is 47.5 Å². The van der Waals surface area contributed by atoms with Gasteiger partial charge in [-0.3, -0.25) is 0 Å². The maximum absolute atomic E-state index is 11.3. The van der Waals surface area contributed by atoms with Crippen LogP contribution in [-0.2, 0) is 38.0 Å². The van der Waals surface area contributed by atoms with E-state index in [0.717, 1.165) is 22.3 Å². The van der Waals surface area contributed by atoms with Gasteiger partial charge in [0.1, 0.15) is 37.9 Å². The first kappa shape index (κ1) is 32.8. The highest BCUT2D eigenvalue weighted by Crippen LogP contribution is 2.33. The molecule has 10 heteroatoms. The van der Waals surface area contributed by atoms with Crippen LogP contribution >= 0.6 is 0 Å². The Labute approximate surface area is 235 Å². The number of hydrogen-bond donors (Lipinski definition) is 0. The van der Waals surface area contributed by atoms with Crippen molar-refractivity contribution in [2.45, 2.75) is 13.8 Å². The van der Waals surface area contributed by atoms with Gasteiger partial charge in [-0.15, -0.1) is 0 Å². The monoisotopic (exact) mass is 560 g/mol. The van der Waals surface area contributed by atoms with Crippen LogP contribution in [0.5, 0.6) is 11.5 Å². The lowest BCUT2D eigenvalue weighted by Crippen LogP contribution is -2.14. The zero-order valence-electron chi connectivity index (χ0n) is 23.4. The lowest BCUT2D eigenvalue weighted by atomic mass is 10.1. The summed E-state index contributed by atoms with van der Waals surface area (Å²) >= 11 is 0. The summed E-state index contributed by atoms with van der Waals surface area (Å²) in [6.07, 6.45) is 0. The van der Waals surface area contributed by atoms with Crippen LogP contribution in [0.15, 0.2) is 60.7 Å². The Hall–Kier alpha value is -3.44. The number of esters is 2. The van der Waals surface area contributed by atoms with Crippen molar-refractivity contribution in [3.05, 3.63) is 60.7 Å². The second-order valence-electron chi connectivity index (χ2n) is 8.59. The average Bonchev–Trinajstić information content (AvgIpc) is 2.95. The molecule has 0 heterocycles. The van der Waals surface area contributed by atoms with Gasteiger partial charge >= 0.3 is 11.9 Å². The lowest BCUT2D eigenvalue weighted by molar-refractivity contribution is -0.141. The van der Waals surface area contributed by atoms with Crippen LogP contribution in [0.1, 0.15) is 13.8 Å². The number of hydrogen-bond acceptors (Lipinski definition) is 10. The third-order valence-corrected chi connectivity index (χ3v) is 5.18. The minimum Gasteiger partial charge on any atom is -0.491 e. The Morgan fingerprint density at radius 3 is 1.20 bits per heavy atom. The molecule has 0 aliphatic heterocycles. The van der Waals surface area contributed by atoms with E-state index in [2.05, 4.69) is 13.2 Å². The Kier molecular flexibility index (Phi) is 16.1. The first-order valence-corrected chi connectivity index (χ1v) is 13.1. The van der Waals surface area contributed by atoms with Crippen molar-refractivity contribution in [3.63, 3.8) is 0 Å². The summed E-state index contributed by atoms with van der Waals surface area (Å²) in [6, 6.07) is 11.6. The number of fused-ring (bicyclic) bond motifs is 1. The van der Waals surface area contributed by atoms with E-state index in [-0.39, 0.29) is 13.2 Å². The molecule has 220 valence electrons. The number of rotatable bonds is 22. The van der Waals surface area contributed by atoms with Crippen molar-refractivity contribution in [3.8, 4) is 11.5 Å². The smallest absolute Gasteiger partial charge is 0.333 e. The van der Waals surface area contributed by atoms with Crippen LogP contribution in [-0.4, -0.2) is 91.2 Å². The fourth-order valence-corrected chi connectivity index (χ4v) is 3.19. The van der Waals surface area contributed by atoms with E-state index in [1.165, 1.54) is 0 Å². The molecule has 0 fully saturated rings. The van der Waals surface area contributed by atoms with Crippen molar-refractivity contribution >= 4 is 22.7 Å². The van der Waals surface area contributed by atoms with Gasteiger partial charge in [0.25, 0.3) is 0 Å². The first-order valence-electron chi connectivity index (χ1n) is 13.1. The lowest BCUT2D eigenvalue weighted by Gasteiger charge is -2.14. The van der Waals surface area contributed by atoms with Gasteiger partial charge < -0.3 is 37.9 Å². The van der Waals surface area contributed by atoms with E-state index in [4.69, 9.17) is 37.9 Å². The molecule has 0 spiro atoms. The Morgan fingerprint density at radius 1 is 0.525 bits per heavy atom. The summed E-state index contributed by atoms with van der Waals surface area (Å²) in [4.78, 5) is 22.5. The molecule has 0 N–H and O–H groups in total. The van der Waals surface area contributed by atoms with Gasteiger partial charge in [-0.05, 0) is 26.0 Å². The zero-order chi connectivity index (χ0) is 29.0. The predicted molar refractivity (Wildman–Crippen MR) is 150 cm³/mol. The molecule has 0 unspecified atom stereocenters. The summed E-state index contributed by atoms with van der Waals surface area (Å²) in [6.45, 7) is 14.4. The second-order valence-corrected chi connectivity index (χ2v) is 8.59. The number of ether oxygens (including phenoxy) is 8. The van der Waals surface area contributed by atoms with E-state index in [1.54, 1.807) is 13.8 Å². The highest BCUT2D eigenvalue weighted by Gasteiger charge is 2.08. The van der Waals surface area contributed by atoms with Crippen molar-refractivity contribution in [1.82, 2.24) is 0 Å². The third-order valence-electron chi connectivity index (χ3n) is 5.18. The predicted octanol–water partition coefficient (Wildman–Crippen LogP) is 3.90. The van der Waals surface area contributed by atoms with E-state index in [0.29, 0.717) is 77.2 Å². The molecule has 0 aliphatic rings. The number of carbonyl (C=O) groups is 2. The fourth-order valence-electron chi connectivity index (χ4n) is 3.19. The van der Waals surface area contributed by atoms with Gasteiger partial charge in [0.2, 0.25) is 0 Å². The van der Waals surface area contributed by atoms with Crippen molar-refractivity contribution in [1.29, 1.82) is 0 Å². The highest BCUT2D eigenvalue weighted by atomic mass is 16.6. The third kappa shape index (κ3) is 13.1. The quantitative estimate of drug-likeness (QED) is 0.120. The zero-order valence-corrected chi connectivity index (χ0v) is 23.4. The van der Waals surface area contributed by atoms with Gasteiger partial charge in [0.15, 0.2) is 0 Å². The van der Waals surface area contributed by atoms with Crippen LogP contribution in [0.25, 0.3) is 10.8 Å². The SMILES string of the molecule is C=C(C)C(=O)OCCOCCOCCOc1ccc(OCCOCCOCCOC(=O)C(=C)C)c2ccccc12. The van der Waals surface area contributed by atoms with E-state index in [1.807, 2.05) is 36.4 Å². The number of carbonyl (C=O) groups excluding carboxylic acids is 2. The van der Waals surface area contributed by atoms with Crippen molar-refractivity contribution in [2.24, 2.45) is 0 Å². The molecule has 0 bridgehead atoms. The summed E-state index contributed by atoms with van der Waals surface area (Å²) in [5, 5.41) is 1.88. The maximum Gasteiger partial charge on any atom is 0.333 e. The molecule has 10 nitrogen and oxygen atoms in total. The fraction of sp³-hybridized carbons (Fsp3) is 0.467. The molecule has 0 saturated heterocycles. The largest absolute Gasteiger partial charge is 0.491 e. The molecule has 0 aromatic heterocycles. The van der Waals surface area contributed by atoms with Crippen LogP contribution in [0.2, 0.25) is 0 Å². The average molecular weight is 561 g/mol. The van der Waals surface area contributed by atoms with Crippen LogP contribution < -0.4 is 9.47 Å². The summed E-state index contributed by atoms with van der Waals surface area (Å²) in [7, 11) is 0. The molecule has 0 amide bonds. The molecule has 0 atom stereocenters. The summed E-state index contributed by atoms with van der Waals surface area (Å²) in [5.41, 5.74) is 0.723. The Balaban J connectivity index is 1.59. The van der Waals surface area contributed by atoms with E-state index in [9.17, 15) is 9.59 Å². The van der Waals surface area contributed by atoms with Gasteiger partial charge in [0.05, 0.1) is 52.9 Å². The topological polar surface area (TPSA) is 108 Å². The highest BCUT2D eigenvalue weighted by molar-refractivity contribution is 5.93. The molecular formula is C30H40O10. The molecule has 0 aliphatic carbocycles. The molecule has 0 saturated carbocycles. The van der Waals surface area contributed by atoms with Crippen LogP contribution in [0, 0.1) is 0 Å². The standard InChI is InChI=1S/C30H40O10/c1-23(2)29(31)39-21-17-35-13-11-33-15-19-37-27-9-10-28(26-8-6-5-7-25(26)27)38-20-16-34-12-14-36-18-22-40-30(32)24(3)4/h5-10H,1,3,11-22H2,2,4H3. The van der Waals surface area contributed by atoms with E-state index < -0.39 is 11.9 Å². The molecule has 0 radical (unpaired) electrons. The first-order chi connectivity index (χ1) is 19.4. The molecule has 2 aromatic rings. The second kappa shape index (κ2) is 19.6. The van der Waals surface area contributed by atoms with E-state index >= 15 is 0 Å². The van der Waals surface area contributed by atoms with Crippen LogP contribution in [0.3, 0.4) is 0 Å². The van der Waals surface area contributed by atoms with Gasteiger partial charge in [0, 0.05) is 21.9 Å². The summed E-state index contributed by atoms with van der Waals surface area (Å²) in [5.74, 6) is 0.636. The summed E-state index contributed by atoms with van der Waals surface area (Å²) < 4.78 is 43.6. The van der Waals surface area contributed by atoms with Gasteiger partial charge in [-0.2, -0.15) is 0 Å². The molecular weight excluding hydrogens is 520 g/mol. The Morgan fingerprint density at radius 2 is 0.850 bits per heavy atom. The number of benzene rings is 2. The van der Waals surface area contributed by atoms with Crippen molar-refractivity contribution in [2.75, 3.05) is 79.3 Å².